The average Bonchev–Trinajstić information content (AvgIpc) is 2.97. The van der Waals surface area contributed by atoms with Crippen molar-refractivity contribution in [3.63, 3.8) is 0 Å². The smallest absolute Gasteiger partial charge is 0.127 e. The normalized spacial score (nSPS) is 26.8. The van der Waals surface area contributed by atoms with Gasteiger partial charge in [0.2, 0.25) is 0 Å². The van der Waals surface area contributed by atoms with Gasteiger partial charge in [-0.15, -0.1) is 0 Å². The molecule has 2 aromatic rings. The van der Waals surface area contributed by atoms with Gasteiger partial charge < -0.3 is 10.2 Å². The maximum Gasteiger partial charge on any atom is 0.127 e. The maximum atomic E-state index is 10.8. The highest BCUT2D eigenvalue weighted by molar-refractivity contribution is 5.97. The number of fused-ring (bicyclic) bond motifs is 6. The predicted octanol–water partition coefficient (Wildman–Crippen LogP) is 4.91. The van der Waals surface area contributed by atoms with Gasteiger partial charge in [0.15, 0.2) is 0 Å². The summed E-state index contributed by atoms with van der Waals surface area (Å²) in [7, 11) is 0. The molecule has 2 unspecified atom stereocenters. The van der Waals surface area contributed by atoms with Gasteiger partial charge in [0.05, 0.1) is 0 Å². The van der Waals surface area contributed by atoms with Gasteiger partial charge in [0, 0.05) is 21.9 Å². The first-order valence-corrected chi connectivity index (χ1v) is 7.94. The quantitative estimate of drug-likeness (QED) is 0.729. The summed E-state index contributed by atoms with van der Waals surface area (Å²) < 4.78 is 0. The van der Waals surface area contributed by atoms with Crippen LogP contribution < -0.4 is 0 Å². The Morgan fingerprint density at radius 3 is 2.62 bits per heavy atom. The molecule has 2 N–H and O–H groups in total. The molecule has 0 aliphatic heterocycles. The second-order valence-electron chi connectivity index (χ2n) is 7.45. The lowest BCUT2D eigenvalue weighted by Crippen LogP contribution is -2.16. The molecule has 2 heteroatoms. The Morgan fingerprint density at radius 2 is 1.90 bits per heavy atom. The Morgan fingerprint density at radius 1 is 1.14 bits per heavy atom. The second-order valence-corrected chi connectivity index (χ2v) is 7.45. The number of hydrogen-bond acceptors (Lipinski definition) is 2. The fourth-order valence-electron chi connectivity index (χ4n) is 4.57. The van der Waals surface area contributed by atoms with E-state index in [1.807, 2.05) is 12.1 Å². The van der Waals surface area contributed by atoms with Crippen molar-refractivity contribution in [2.45, 2.75) is 57.3 Å². The van der Waals surface area contributed by atoms with Crippen LogP contribution in [0.3, 0.4) is 0 Å². The van der Waals surface area contributed by atoms with Crippen molar-refractivity contribution in [2.75, 3.05) is 0 Å². The SMILES string of the molecule is CC(C)c1ccc2c(O)c3c(c(O)c2c1)C1CCC3(C)C1. The fourth-order valence-corrected chi connectivity index (χ4v) is 4.57. The van der Waals surface area contributed by atoms with Crippen LogP contribution in [0.5, 0.6) is 11.5 Å². The lowest BCUT2D eigenvalue weighted by molar-refractivity contribution is 0.427. The van der Waals surface area contributed by atoms with Crippen molar-refractivity contribution < 1.29 is 10.2 Å². The van der Waals surface area contributed by atoms with Gasteiger partial charge in [-0.1, -0.05) is 32.9 Å². The molecular formula is C19H22O2. The monoisotopic (exact) mass is 282 g/mol. The van der Waals surface area contributed by atoms with E-state index in [4.69, 9.17) is 0 Å². The fraction of sp³-hybridized carbons (Fsp3) is 0.474. The minimum atomic E-state index is 0.0481. The number of aromatic hydroxyl groups is 2. The van der Waals surface area contributed by atoms with E-state index < -0.39 is 0 Å². The first kappa shape index (κ1) is 13.0. The van der Waals surface area contributed by atoms with Gasteiger partial charge in [0.1, 0.15) is 11.5 Å². The van der Waals surface area contributed by atoms with Gasteiger partial charge in [-0.05, 0) is 48.1 Å². The van der Waals surface area contributed by atoms with Gasteiger partial charge in [-0.25, -0.2) is 0 Å². The van der Waals surface area contributed by atoms with Crippen LogP contribution in [0.4, 0.5) is 0 Å². The van der Waals surface area contributed by atoms with E-state index in [-0.39, 0.29) is 5.41 Å². The summed E-state index contributed by atoms with van der Waals surface area (Å²) in [6.07, 6.45) is 3.32. The molecule has 0 heterocycles. The van der Waals surface area contributed by atoms with Crippen LogP contribution in [0, 0.1) is 0 Å². The second kappa shape index (κ2) is 3.94. The third kappa shape index (κ3) is 1.53. The minimum absolute atomic E-state index is 0.0481. The van der Waals surface area contributed by atoms with Crippen molar-refractivity contribution in [1.82, 2.24) is 0 Å². The van der Waals surface area contributed by atoms with Crippen LogP contribution in [-0.4, -0.2) is 10.2 Å². The number of phenols is 2. The molecular weight excluding hydrogens is 260 g/mol. The molecule has 2 aliphatic rings. The van der Waals surface area contributed by atoms with Crippen LogP contribution in [0.15, 0.2) is 18.2 Å². The van der Waals surface area contributed by atoms with Crippen LogP contribution in [0.25, 0.3) is 10.8 Å². The topological polar surface area (TPSA) is 40.5 Å². The Kier molecular flexibility index (Phi) is 2.44. The summed E-state index contributed by atoms with van der Waals surface area (Å²) in [6.45, 7) is 6.52. The van der Waals surface area contributed by atoms with Gasteiger partial charge >= 0.3 is 0 Å². The van der Waals surface area contributed by atoms with Crippen molar-refractivity contribution in [1.29, 1.82) is 0 Å². The van der Waals surface area contributed by atoms with E-state index in [1.165, 1.54) is 5.56 Å². The highest BCUT2D eigenvalue weighted by Gasteiger charge is 2.49. The number of rotatable bonds is 1. The molecule has 2 atom stereocenters. The summed E-state index contributed by atoms with van der Waals surface area (Å²) in [5.74, 6) is 1.65. The molecule has 0 saturated heterocycles. The largest absolute Gasteiger partial charge is 0.507 e. The summed E-state index contributed by atoms with van der Waals surface area (Å²) in [5.41, 5.74) is 3.29. The summed E-state index contributed by atoms with van der Waals surface area (Å²) in [6, 6.07) is 6.08. The maximum absolute atomic E-state index is 10.8. The molecule has 110 valence electrons. The average molecular weight is 282 g/mol. The van der Waals surface area contributed by atoms with Crippen molar-refractivity contribution in [3.05, 3.63) is 34.9 Å². The molecule has 2 nitrogen and oxygen atoms in total. The molecule has 0 aromatic heterocycles. The third-order valence-electron chi connectivity index (χ3n) is 5.74. The zero-order valence-electron chi connectivity index (χ0n) is 12.9. The molecule has 21 heavy (non-hydrogen) atoms. The van der Waals surface area contributed by atoms with E-state index >= 15 is 0 Å². The first-order valence-electron chi connectivity index (χ1n) is 7.94. The number of benzene rings is 2. The highest BCUT2D eigenvalue weighted by Crippen LogP contribution is 2.63. The molecule has 0 amide bonds. The molecule has 1 fully saturated rings. The Bertz CT molecular complexity index is 760. The number of phenolic OH excluding ortho intramolecular Hbond substituents is 2. The summed E-state index contributed by atoms with van der Waals surface area (Å²) in [4.78, 5) is 0. The van der Waals surface area contributed by atoms with E-state index in [0.717, 1.165) is 41.2 Å². The Balaban J connectivity index is 2.09. The molecule has 1 saturated carbocycles. The lowest BCUT2D eigenvalue weighted by atomic mass is 9.78. The van der Waals surface area contributed by atoms with E-state index in [2.05, 4.69) is 26.8 Å². The highest BCUT2D eigenvalue weighted by atomic mass is 16.3. The zero-order valence-corrected chi connectivity index (χ0v) is 12.9. The zero-order chi connectivity index (χ0) is 14.9. The lowest BCUT2D eigenvalue weighted by Gasteiger charge is -2.27. The van der Waals surface area contributed by atoms with Crippen molar-refractivity contribution in [3.8, 4) is 11.5 Å². The summed E-state index contributed by atoms with van der Waals surface area (Å²) in [5, 5.41) is 23.2. The summed E-state index contributed by atoms with van der Waals surface area (Å²) >= 11 is 0. The molecule has 2 aliphatic carbocycles. The third-order valence-corrected chi connectivity index (χ3v) is 5.74. The van der Waals surface area contributed by atoms with Crippen LogP contribution in [-0.2, 0) is 5.41 Å². The number of hydrogen-bond donors (Lipinski definition) is 2. The molecule has 2 aromatic carbocycles. The van der Waals surface area contributed by atoms with Gasteiger partial charge in [0.25, 0.3) is 0 Å². The molecule has 2 bridgehead atoms. The van der Waals surface area contributed by atoms with Crippen molar-refractivity contribution in [2.24, 2.45) is 0 Å². The predicted molar refractivity (Wildman–Crippen MR) is 85.3 cm³/mol. The van der Waals surface area contributed by atoms with Crippen molar-refractivity contribution >= 4 is 10.8 Å². The van der Waals surface area contributed by atoms with Gasteiger partial charge in [-0.2, -0.15) is 0 Å². The Hall–Kier alpha value is -1.70. The van der Waals surface area contributed by atoms with Crippen LogP contribution in [0.1, 0.15) is 68.6 Å². The van der Waals surface area contributed by atoms with Crippen LogP contribution in [0.2, 0.25) is 0 Å². The first-order chi connectivity index (χ1) is 9.92. The van der Waals surface area contributed by atoms with Crippen LogP contribution >= 0.6 is 0 Å². The molecule has 4 rings (SSSR count). The van der Waals surface area contributed by atoms with Gasteiger partial charge in [-0.3, -0.25) is 0 Å². The molecule has 0 radical (unpaired) electrons. The standard InChI is InChI=1S/C19H22O2/c1-10(2)11-4-5-13-14(8-11)17(20)15-12-6-7-19(3,9-12)16(15)18(13)21/h4-5,8,10,12,20-21H,6-7,9H2,1-3H3. The van der Waals surface area contributed by atoms with E-state index in [1.54, 1.807) is 0 Å². The minimum Gasteiger partial charge on any atom is -0.507 e. The Labute approximate surface area is 125 Å². The molecule has 0 spiro atoms. The van der Waals surface area contributed by atoms with E-state index in [0.29, 0.717) is 23.3 Å². The van der Waals surface area contributed by atoms with E-state index in [9.17, 15) is 10.2 Å².